The Morgan fingerprint density at radius 2 is 2.09 bits per heavy atom. The maximum absolute atomic E-state index is 11.2. The predicted molar refractivity (Wildman–Crippen MR) is 48.5 cm³/mol. The van der Waals surface area contributed by atoms with E-state index in [1.807, 2.05) is 20.0 Å². The van der Waals surface area contributed by atoms with Crippen molar-refractivity contribution in [1.82, 2.24) is 0 Å². The summed E-state index contributed by atoms with van der Waals surface area (Å²) in [5, 5.41) is 0. The highest BCUT2D eigenvalue weighted by Gasteiger charge is 2.04. The van der Waals surface area contributed by atoms with Crippen molar-refractivity contribution in [2.75, 3.05) is 5.73 Å². The molecule has 0 saturated carbocycles. The first-order chi connectivity index (χ1) is 5.25. The smallest absolute Gasteiger partial charge is 0.157 e. The minimum atomic E-state index is 0.100. The Labute approximate surface area is 66.8 Å². The van der Waals surface area contributed by atoms with Gasteiger partial charge in [0.1, 0.15) is 7.85 Å². The predicted octanol–water partition coefficient (Wildman–Crippen LogP) is 0.503. The van der Waals surface area contributed by atoms with E-state index in [1.54, 1.807) is 12.1 Å². The number of hydrogen-bond donors (Lipinski definition) is 1. The molecular weight excluding hydrogens is 137 g/mol. The quantitative estimate of drug-likeness (QED) is 0.376. The van der Waals surface area contributed by atoms with Crippen molar-refractivity contribution < 1.29 is 4.79 Å². The number of Topliss-reactive ketones (excluding diaryl/α,β-unsaturated/α-hetero) is 1. The number of nitrogens with two attached hydrogens (primary N) is 1. The van der Waals surface area contributed by atoms with Crippen LogP contribution in [0.5, 0.6) is 0 Å². The Balaban J connectivity index is 3.03. The summed E-state index contributed by atoms with van der Waals surface area (Å²) in [4.78, 5) is 11.2. The van der Waals surface area contributed by atoms with Crippen LogP contribution in [0.2, 0.25) is 6.32 Å². The summed E-state index contributed by atoms with van der Waals surface area (Å²) in [5.41, 5.74) is 6.78. The number of carbonyl (C=O) groups excluding carboxylic acids is 1. The lowest BCUT2D eigenvalue weighted by Gasteiger charge is -2.00. The zero-order valence-corrected chi connectivity index (χ0v) is 6.50. The van der Waals surface area contributed by atoms with Gasteiger partial charge >= 0.3 is 0 Å². The first kappa shape index (κ1) is 7.86. The molecule has 0 heterocycles. The summed E-state index contributed by atoms with van der Waals surface area (Å²) in [6.07, 6.45) is 0.508. The normalized spacial score (nSPS) is 9.45. The molecule has 0 aliphatic rings. The molecule has 0 amide bonds. The van der Waals surface area contributed by atoms with E-state index in [4.69, 9.17) is 5.73 Å². The fourth-order valence-electron chi connectivity index (χ4n) is 0.941. The molecule has 0 aromatic heterocycles. The van der Waals surface area contributed by atoms with Gasteiger partial charge in [-0.1, -0.05) is 12.1 Å². The van der Waals surface area contributed by atoms with Crippen molar-refractivity contribution in [3.63, 3.8) is 0 Å². The second-order valence-electron chi connectivity index (χ2n) is 2.36. The van der Waals surface area contributed by atoms with Gasteiger partial charge in [-0.05, 0) is 18.5 Å². The van der Waals surface area contributed by atoms with E-state index in [-0.39, 0.29) is 5.78 Å². The third-order valence-corrected chi connectivity index (χ3v) is 1.58. The Hall–Kier alpha value is -1.25. The molecule has 11 heavy (non-hydrogen) atoms. The molecule has 0 saturated heterocycles. The topological polar surface area (TPSA) is 43.1 Å². The molecule has 0 unspecified atom stereocenters. The van der Waals surface area contributed by atoms with Gasteiger partial charge in [-0.2, -0.15) is 0 Å². The number of nitrogen functional groups attached to an aromatic ring is 1. The fraction of sp³-hybridized carbons (Fsp3) is 0.125. The van der Waals surface area contributed by atoms with E-state index in [0.717, 1.165) is 0 Å². The maximum Gasteiger partial charge on any atom is 0.157 e. The molecule has 56 valence electrons. The molecule has 0 bridgehead atoms. The molecule has 2 nitrogen and oxygen atoms in total. The van der Waals surface area contributed by atoms with Crippen LogP contribution >= 0.6 is 0 Å². The van der Waals surface area contributed by atoms with Gasteiger partial charge in [0.2, 0.25) is 0 Å². The van der Waals surface area contributed by atoms with E-state index >= 15 is 0 Å². The first-order valence-corrected chi connectivity index (χ1v) is 3.63. The number of rotatable bonds is 2. The molecule has 0 fully saturated rings. The summed E-state index contributed by atoms with van der Waals surface area (Å²) in [5.74, 6) is 0.100. The molecule has 0 spiro atoms. The van der Waals surface area contributed by atoms with Crippen LogP contribution in [-0.4, -0.2) is 13.6 Å². The van der Waals surface area contributed by atoms with Gasteiger partial charge in [0, 0.05) is 11.3 Å². The van der Waals surface area contributed by atoms with Crippen LogP contribution in [0, 0.1) is 0 Å². The van der Waals surface area contributed by atoms with E-state index < -0.39 is 0 Å². The minimum absolute atomic E-state index is 0.100. The summed E-state index contributed by atoms with van der Waals surface area (Å²) in [6.45, 7) is 0. The molecule has 0 aliphatic carbocycles. The van der Waals surface area contributed by atoms with Gasteiger partial charge in [-0.15, -0.1) is 0 Å². The molecular formula is C8H10BNO. The number of benzene rings is 1. The lowest BCUT2D eigenvalue weighted by molar-refractivity contribution is 0.101. The van der Waals surface area contributed by atoms with Crippen LogP contribution in [0.25, 0.3) is 0 Å². The van der Waals surface area contributed by atoms with Gasteiger partial charge < -0.3 is 5.73 Å². The second-order valence-corrected chi connectivity index (χ2v) is 2.36. The highest BCUT2D eigenvalue weighted by molar-refractivity contribution is 6.24. The molecule has 0 atom stereocenters. The van der Waals surface area contributed by atoms with Gasteiger partial charge in [-0.25, -0.2) is 0 Å². The highest BCUT2D eigenvalue weighted by Crippen LogP contribution is 2.11. The number of carbonyl (C=O) groups is 1. The number of hydrogen-bond acceptors (Lipinski definition) is 2. The second kappa shape index (κ2) is 3.24. The Morgan fingerprint density at radius 1 is 1.45 bits per heavy atom. The lowest BCUT2D eigenvalue weighted by atomic mass is 9.95. The highest BCUT2D eigenvalue weighted by atomic mass is 16.1. The number of anilines is 1. The van der Waals surface area contributed by atoms with Crippen molar-refractivity contribution in [2.24, 2.45) is 0 Å². The van der Waals surface area contributed by atoms with Gasteiger partial charge in [0.25, 0.3) is 0 Å². The van der Waals surface area contributed by atoms with Crippen LogP contribution in [-0.2, 0) is 0 Å². The Bertz CT molecular complexity index is 273. The fourth-order valence-corrected chi connectivity index (χ4v) is 0.941. The van der Waals surface area contributed by atoms with E-state index in [9.17, 15) is 4.79 Å². The van der Waals surface area contributed by atoms with Crippen molar-refractivity contribution in [3.8, 4) is 0 Å². The standard InChI is InChI=1S/C8H10BNO/c9-5-8(11)6-3-1-2-4-7(6)10/h1-4H,5,9-10H2. The minimum Gasteiger partial charge on any atom is -0.398 e. The molecule has 0 radical (unpaired) electrons. The SMILES string of the molecule is BCC(=O)c1ccccc1N. The average Bonchev–Trinajstić information content (AvgIpc) is 2.04. The van der Waals surface area contributed by atoms with Crippen molar-refractivity contribution >= 4 is 19.3 Å². The molecule has 1 rings (SSSR count). The molecule has 1 aromatic rings. The van der Waals surface area contributed by atoms with E-state index in [0.29, 0.717) is 17.6 Å². The lowest BCUT2D eigenvalue weighted by Crippen LogP contribution is -2.01. The maximum atomic E-state index is 11.2. The van der Waals surface area contributed by atoms with Gasteiger partial charge in [0.05, 0.1) is 0 Å². The zero-order chi connectivity index (χ0) is 8.27. The molecule has 3 heteroatoms. The van der Waals surface area contributed by atoms with Crippen molar-refractivity contribution in [3.05, 3.63) is 29.8 Å². The average molecular weight is 147 g/mol. The Morgan fingerprint density at radius 3 is 2.64 bits per heavy atom. The van der Waals surface area contributed by atoms with Crippen LogP contribution in [0.4, 0.5) is 5.69 Å². The Kier molecular flexibility index (Phi) is 2.31. The first-order valence-electron chi connectivity index (χ1n) is 3.63. The van der Waals surface area contributed by atoms with Crippen molar-refractivity contribution in [2.45, 2.75) is 6.32 Å². The zero-order valence-electron chi connectivity index (χ0n) is 6.50. The molecule has 1 aromatic carbocycles. The summed E-state index contributed by atoms with van der Waals surface area (Å²) < 4.78 is 0. The van der Waals surface area contributed by atoms with Gasteiger partial charge in [0.15, 0.2) is 5.78 Å². The third-order valence-electron chi connectivity index (χ3n) is 1.58. The van der Waals surface area contributed by atoms with Crippen LogP contribution < -0.4 is 5.73 Å². The third kappa shape index (κ3) is 1.61. The largest absolute Gasteiger partial charge is 0.398 e. The van der Waals surface area contributed by atoms with Crippen LogP contribution in [0.1, 0.15) is 10.4 Å². The molecule has 0 aliphatic heterocycles. The van der Waals surface area contributed by atoms with Gasteiger partial charge in [-0.3, -0.25) is 4.79 Å². The van der Waals surface area contributed by atoms with E-state index in [1.165, 1.54) is 0 Å². The summed E-state index contributed by atoms with van der Waals surface area (Å²) >= 11 is 0. The summed E-state index contributed by atoms with van der Waals surface area (Å²) in [6, 6.07) is 7.13. The monoisotopic (exact) mass is 147 g/mol. The number of ketones is 1. The summed E-state index contributed by atoms with van der Waals surface area (Å²) in [7, 11) is 1.83. The van der Waals surface area contributed by atoms with Crippen LogP contribution in [0.3, 0.4) is 0 Å². The van der Waals surface area contributed by atoms with E-state index in [2.05, 4.69) is 0 Å². The number of para-hydroxylation sites is 1. The molecule has 2 N–H and O–H groups in total. The van der Waals surface area contributed by atoms with Crippen molar-refractivity contribution in [1.29, 1.82) is 0 Å². The van der Waals surface area contributed by atoms with Crippen LogP contribution in [0.15, 0.2) is 24.3 Å².